The SMILES string of the molecule is CC[C@@H](NS(=O)(=O)c1ccc(SC)c(NC(=O)C(C)C)c1)c1ccc(C)cc1C. The van der Waals surface area contributed by atoms with Gasteiger partial charge in [0.25, 0.3) is 0 Å². The smallest absolute Gasteiger partial charge is 0.241 e. The van der Waals surface area contributed by atoms with Crippen LogP contribution in [0.25, 0.3) is 0 Å². The van der Waals surface area contributed by atoms with Gasteiger partial charge in [-0.05, 0) is 55.9 Å². The Morgan fingerprint density at radius 2 is 1.79 bits per heavy atom. The standard InChI is InChI=1S/C22H30N2O3S2/c1-7-19(18-10-8-15(4)12-16(18)5)24-29(26,27)17-9-11-21(28-6)20(13-17)23-22(25)14(2)3/h8-14,19,24H,7H2,1-6H3,(H,23,25)/t19-/m1/s1. The molecule has 5 nitrogen and oxygen atoms in total. The highest BCUT2D eigenvalue weighted by atomic mass is 32.2. The van der Waals surface area contributed by atoms with E-state index in [1.807, 2.05) is 39.2 Å². The highest BCUT2D eigenvalue weighted by Crippen LogP contribution is 2.30. The summed E-state index contributed by atoms with van der Waals surface area (Å²) >= 11 is 1.46. The van der Waals surface area contributed by atoms with Gasteiger partial charge in [0.1, 0.15) is 0 Å². The van der Waals surface area contributed by atoms with E-state index in [0.717, 1.165) is 21.6 Å². The third-order valence-corrected chi connectivity index (χ3v) is 7.04. The van der Waals surface area contributed by atoms with Crippen molar-refractivity contribution in [3.8, 4) is 0 Å². The molecular weight excluding hydrogens is 404 g/mol. The summed E-state index contributed by atoms with van der Waals surface area (Å²) in [6.45, 7) is 9.56. The number of thioether (sulfide) groups is 1. The summed E-state index contributed by atoms with van der Waals surface area (Å²) in [4.78, 5) is 13.1. The normalized spacial score (nSPS) is 12.8. The van der Waals surface area contributed by atoms with Crippen LogP contribution in [-0.2, 0) is 14.8 Å². The number of carbonyl (C=O) groups excluding carboxylic acids is 1. The Labute approximate surface area is 178 Å². The Bertz CT molecular complexity index is 986. The lowest BCUT2D eigenvalue weighted by atomic mass is 9.98. The van der Waals surface area contributed by atoms with E-state index in [1.165, 1.54) is 17.8 Å². The van der Waals surface area contributed by atoms with E-state index in [-0.39, 0.29) is 22.8 Å². The minimum Gasteiger partial charge on any atom is -0.325 e. The maximum Gasteiger partial charge on any atom is 0.241 e. The summed E-state index contributed by atoms with van der Waals surface area (Å²) in [6.07, 6.45) is 2.52. The molecule has 0 aliphatic rings. The molecule has 0 heterocycles. The fourth-order valence-electron chi connectivity index (χ4n) is 3.07. The van der Waals surface area contributed by atoms with E-state index in [1.54, 1.807) is 26.0 Å². The molecule has 0 aromatic heterocycles. The maximum absolute atomic E-state index is 13.1. The first-order valence-corrected chi connectivity index (χ1v) is 12.4. The highest BCUT2D eigenvalue weighted by molar-refractivity contribution is 7.98. The third kappa shape index (κ3) is 5.84. The van der Waals surface area contributed by atoms with Crippen molar-refractivity contribution in [1.29, 1.82) is 0 Å². The quantitative estimate of drug-likeness (QED) is 0.570. The van der Waals surface area contributed by atoms with Crippen molar-refractivity contribution in [2.45, 2.75) is 56.9 Å². The molecule has 1 atom stereocenters. The molecule has 0 unspecified atom stereocenters. The Kier molecular flexibility index (Phi) is 7.91. The molecule has 7 heteroatoms. The molecule has 0 aliphatic heterocycles. The van der Waals surface area contributed by atoms with E-state index in [0.29, 0.717) is 12.1 Å². The van der Waals surface area contributed by atoms with Crippen molar-refractivity contribution in [3.05, 3.63) is 53.1 Å². The zero-order chi connectivity index (χ0) is 21.8. The Morgan fingerprint density at radius 3 is 2.34 bits per heavy atom. The molecule has 0 radical (unpaired) electrons. The molecule has 0 spiro atoms. The first-order chi connectivity index (χ1) is 13.6. The predicted molar refractivity (Wildman–Crippen MR) is 121 cm³/mol. The van der Waals surface area contributed by atoms with Gasteiger partial charge in [0.15, 0.2) is 0 Å². The van der Waals surface area contributed by atoms with E-state index < -0.39 is 10.0 Å². The lowest BCUT2D eigenvalue weighted by molar-refractivity contribution is -0.118. The molecule has 0 aliphatic carbocycles. The molecule has 2 aromatic rings. The van der Waals surface area contributed by atoms with E-state index in [2.05, 4.69) is 16.1 Å². The molecule has 2 rings (SSSR count). The van der Waals surface area contributed by atoms with Crippen molar-refractivity contribution in [3.63, 3.8) is 0 Å². The van der Waals surface area contributed by atoms with Crippen LogP contribution in [0.1, 0.15) is 49.9 Å². The number of benzene rings is 2. The largest absolute Gasteiger partial charge is 0.325 e. The van der Waals surface area contributed by atoms with Crippen molar-refractivity contribution in [2.75, 3.05) is 11.6 Å². The number of carbonyl (C=O) groups is 1. The second-order valence-corrected chi connectivity index (χ2v) is 10.0. The summed E-state index contributed by atoms with van der Waals surface area (Å²) in [5.41, 5.74) is 3.68. The summed E-state index contributed by atoms with van der Waals surface area (Å²) in [5.74, 6) is -0.346. The fraction of sp³-hybridized carbons (Fsp3) is 0.409. The van der Waals surface area contributed by atoms with Crippen LogP contribution in [0.15, 0.2) is 46.2 Å². The second kappa shape index (κ2) is 9.78. The minimum absolute atomic E-state index is 0.137. The van der Waals surface area contributed by atoms with Crippen molar-refractivity contribution < 1.29 is 13.2 Å². The number of sulfonamides is 1. The average Bonchev–Trinajstić information content (AvgIpc) is 2.66. The number of hydrogen-bond acceptors (Lipinski definition) is 4. The third-order valence-electron chi connectivity index (χ3n) is 4.77. The molecule has 0 saturated carbocycles. The summed E-state index contributed by atoms with van der Waals surface area (Å²) < 4.78 is 29.0. The number of anilines is 1. The minimum atomic E-state index is -3.76. The number of hydrogen-bond donors (Lipinski definition) is 2. The molecule has 0 bridgehead atoms. The molecular formula is C22H30N2O3S2. The van der Waals surface area contributed by atoms with Gasteiger partial charge in [-0.2, -0.15) is 0 Å². The maximum atomic E-state index is 13.1. The molecule has 158 valence electrons. The lowest BCUT2D eigenvalue weighted by Crippen LogP contribution is -2.29. The van der Waals surface area contributed by atoms with E-state index >= 15 is 0 Å². The van der Waals surface area contributed by atoms with Crippen molar-refractivity contribution >= 4 is 33.4 Å². The van der Waals surface area contributed by atoms with Crippen LogP contribution < -0.4 is 10.0 Å². The van der Waals surface area contributed by atoms with Crippen LogP contribution >= 0.6 is 11.8 Å². The van der Waals surface area contributed by atoms with E-state index in [9.17, 15) is 13.2 Å². The first-order valence-electron chi connectivity index (χ1n) is 9.67. The van der Waals surface area contributed by atoms with Gasteiger partial charge in [0.05, 0.1) is 10.6 Å². The van der Waals surface area contributed by atoms with E-state index in [4.69, 9.17) is 0 Å². The van der Waals surface area contributed by atoms with Gasteiger partial charge in [-0.25, -0.2) is 13.1 Å². The molecule has 0 fully saturated rings. The summed E-state index contributed by atoms with van der Waals surface area (Å²) in [6, 6.07) is 10.5. The first kappa shape index (κ1) is 23.4. The number of aryl methyl sites for hydroxylation is 2. The summed E-state index contributed by atoms with van der Waals surface area (Å²) in [7, 11) is -3.76. The van der Waals surface area contributed by atoms with Gasteiger partial charge in [-0.15, -0.1) is 11.8 Å². The lowest BCUT2D eigenvalue weighted by Gasteiger charge is -2.21. The number of rotatable bonds is 8. The van der Waals surface area contributed by atoms with Crippen LogP contribution in [0.3, 0.4) is 0 Å². The zero-order valence-corrected chi connectivity index (χ0v) is 19.5. The van der Waals surface area contributed by atoms with Gasteiger partial charge < -0.3 is 5.32 Å². The molecule has 2 aromatic carbocycles. The zero-order valence-electron chi connectivity index (χ0n) is 17.9. The van der Waals surface area contributed by atoms with Crippen LogP contribution in [0.2, 0.25) is 0 Å². The number of nitrogens with one attached hydrogen (secondary N) is 2. The van der Waals surface area contributed by atoms with Gasteiger partial charge in [0.2, 0.25) is 15.9 Å². The highest BCUT2D eigenvalue weighted by Gasteiger charge is 2.23. The fourth-order valence-corrected chi connectivity index (χ4v) is 4.93. The van der Waals surface area contributed by atoms with Gasteiger partial charge in [-0.3, -0.25) is 4.79 Å². The van der Waals surface area contributed by atoms with Gasteiger partial charge in [0, 0.05) is 16.9 Å². The monoisotopic (exact) mass is 434 g/mol. The second-order valence-electron chi connectivity index (χ2n) is 7.45. The number of amides is 1. The Morgan fingerprint density at radius 1 is 1.10 bits per heavy atom. The van der Waals surface area contributed by atoms with Crippen LogP contribution in [0, 0.1) is 19.8 Å². The topological polar surface area (TPSA) is 75.3 Å². The van der Waals surface area contributed by atoms with Gasteiger partial charge in [-0.1, -0.05) is 44.5 Å². The van der Waals surface area contributed by atoms with Crippen molar-refractivity contribution in [2.24, 2.45) is 5.92 Å². The van der Waals surface area contributed by atoms with Crippen LogP contribution in [0.4, 0.5) is 5.69 Å². The Hall–Kier alpha value is -1.83. The molecule has 29 heavy (non-hydrogen) atoms. The summed E-state index contributed by atoms with van der Waals surface area (Å²) in [5, 5.41) is 2.84. The molecule has 1 amide bonds. The molecule has 2 N–H and O–H groups in total. The molecule has 0 saturated heterocycles. The Balaban J connectivity index is 2.37. The van der Waals surface area contributed by atoms with Gasteiger partial charge >= 0.3 is 0 Å². The van der Waals surface area contributed by atoms with Crippen LogP contribution in [0.5, 0.6) is 0 Å². The van der Waals surface area contributed by atoms with Crippen molar-refractivity contribution in [1.82, 2.24) is 4.72 Å². The predicted octanol–water partition coefficient (Wildman–Crippen LogP) is 5.05. The van der Waals surface area contributed by atoms with Crippen LogP contribution in [-0.4, -0.2) is 20.6 Å². The average molecular weight is 435 g/mol.